The smallest absolute Gasteiger partial charge is 0.195 e. The van der Waals surface area contributed by atoms with Crippen LogP contribution in [-0.4, -0.2) is 43.2 Å². The molecule has 0 aliphatic carbocycles. The van der Waals surface area contributed by atoms with Crippen LogP contribution in [0.5, 0.6) is 0 Å². The van der Waals surface area contributed by atoms with E-state index in [1.165, 1.54) is 4.31 Å². The molecule has 2 atom stereocenters. The first-order valence-corrected chi connectivity index (χ1v) is 6.85. The van der Waals surface area contributed by atoms with Gasteiger partial charge < -0.3 is 0 Å². The van der Waals surface area contributed by atoms with Gasteiger partial charge in [0.05, 0.1) is 0 Å². The van der Waals surface area contributed by atoms with Gasteiger partial charge in [0, 0.05) is 26.2 Å². The number of nitrogens with zero attached hydrogens (tertiary/aromatic N) is 2. The summed E-state index contributed by atoms with van der Waals surface area (Å²) < 4.78 is 26.9. The molecule has 2 heterocycles. The summed E-state index contributed by atoms with van der Waals surface area (Å²) in [4.78, 5) is 0. The molecule has 1 unspecified atom stereocenters. The van der Waals surface area contributed by atoms with E-state index in [-0.39, 0.29) is 11.5 Å². The van der Waals surface area contributed by atoms with Gasteiger partial charge in [-0.15, -0.1) is 0 Å². The van der Waals surface area contributed by atoms with Crippen molar-refractivity contribution in [2.75, 3.05) is 20.1 Å². The van der Waals surface area contributed by atoms with Crippen LogP contribution in [0.2, 0.25) is 0 Å². The van der Waals surface area contributed by atoms with E-state index in [9.17, 15) is 8.42 Å². The third kappa shape index (κ3) is 1.70. The molecule has 2 saturated heterocycles. The third-order valence-corrected chi connectivity index (χ3v) is 5.72. The first kappa shape index (κ1) is 11.4. The van der Waals surface area contributed by atoms with Gasteiger partial charge in [-0.1, -0.05) is 20.8 Å². The topological polar surface area (TPSA) is 40.6 Å². The predicted molar refractivity (Wildman–Crippen MR) is 59.6 cm³/mol. The van der Waals surface area contributed by atoms with Gasteiger partial charge in [-0.2, -0.15) is 17.0 Å². The summed E-state index contributed by atoms with van der Waals surface area (Å²) in [6.07, 6.45) is 1.01. The molecule has 5 heteroatoms. The number of likely N-dealkylation sites (N-methyl/N-ethyl adjacent to an activating group) is 1. The van der Waals surface area contributed by atoms with Crippen molar-refractivity contribution in [2.24, 2.45) is 11.3 Å². The average molecular weight is 232 g/mol. The maximum absolute atomic E-state index is 11.9. The first-order valence-electron chi connectivity index (χ1n) is 5.46. The Bertz CT molecular complexity index is 358. The van der Waals surface area contributed by atoms with Crippen molar-refractivity contribution < 1.29 is 8.42 Å². The largest absolute Gasteiger partial charge is 0.282 e. The number of rotatable bonds is 0. The lowest BCUT2D eigenvalue weighted by atomic mass is 9.79. The van der Waals surface area contributed by atoms with Gasteiger partial charge in [0.15, 0.2) is 0 Å². The van der Waals surface area contributed by atoms with E-state index in [1.807, 2.05) is 0 Å². The molecule has 0 saturated carbocycles. The van der Waals surface area contributed by atoms with Crippen LogP contribution in [0.25, 0.3) is 0 Å². The number of hydrogen-bond donors (Lipinski definition) is 0. The minimum atomic E-state index is -3.13. The molecule has 88 valence electrons. The fraction of sp³-hybridized carbons (Fsp3) is 1.00. The molecule has 2 rings (SSSR count). The number of fused-ring (bicyclic) bond motifs is 1. The second kappa shape index (κ2) is 3.18. The zero-order valence-electron chi connectivity index (χ0n) is 9.90. The minimum absolute atomic E-state index is 0.207. The van der Waals surface area contributed by atoms with E-state index >= 15 is 0 Å². The van der Waals surface area contributed by atoms with E-state index in [4.69, 9.17) is 0 Å². The zero-order chi connectivity index (χ0) is 11.4. The zero-order valence-corrected chi connectivity index (χ0v) is 10.7. The lowest BCUT2D eigenvalue weighted by molar-refractivity contribution is 0.248. The van der Waals surface area contributed by atoms with Crippen molar-refractivity contribution >= 4 is 10.2 Å². The second-order valence-electron chi connectivity index (χ2n) is 5.81. The maximum atomic E-state index is 11.9. The van der Waals surface area contributed by atoms with Gasteiger partial charge in [0.1, 0.15) is 0 Å². The van der Waals surface area contributed by atoms with Crippen molar-refractivity contribution in [2.45, 2.75) is 33.2 Å². The summed E-state index contributed by atoms with van der Waals surface area (Å²) in [6.45, 7) is 7.93. The van der Waals surface area contributed by atoms with Crippen molar-refractivity contribution in [1.82, 2.24) is 8.61 Å². The molecule has 0 spiro atoms. The fourth-order valence-corrected chi connectivity index (χ4v) is 4.15. The third-order valence-electron chi connectivity index (χ3n) is 3.75. The molecule has 4 nitrogen and oxygen atoms in total. The van der Waals surface area contributed by atoms with Gasteiger partial charge in [-0.3, -0.25) is 0 Å². The van der Waals surface area contributed by atoms with Crippen LogP contribution >= 0.6 is 0 Å². The van der Waals surface area contributed by atoms with Gasteiger partial charge in [0.25, 0.3) is 10.2 Å². The van der Waals surface area contributed by atoms with E-state index in [0.717, 1.165) is 6.42 Å². The van der Waals surface area contributed by atoms with Crippen molar-refractivity contribution in [3.05, 3.63) is 0 Å². The standard InChI is InChI=1S/C10H20N2O2S/c1-10(2,3)8-5-9-7-11(4)15(13,14)12(9)6-8/h8-9H,5-7H2,1-4H3/t8-,9?/m1/s1. The molecule has 2 fully saturated rings. The van der Waals surface area contributed by atoms with Crippen LogP contribution in [0.15, 0.2) is 0 Å². The molecular weight excluding hydrogens is 212 g/mol. The van der Waals surface area contributed by atoms with Gasteiger partial charge in [-0.05, 0) is 17.8 Å². The van der Waals surface area contributed by atoms with Crippen LogP contribution in [0.4, 0.5) is 0 Å². The minimum Gasteiger partial charge on any atom is -0.195 e. The first-order chi connectivity index (χ1) is 6.73. The average Bonchev–Trinajstić information content (AvgIpc) is 2.54. The lowest BCUT2D eigenvalue weighted by Crippen LogP contribution is -2.33. The lowest BCUT2D eigenvalue weighted by Gasteiger charge is -2.27. The van der Waals surface area contributed by atoms with E-state index in [0.29, 0.717) is 19.0 Å². The van der Waals surface area contributed by atoms with Crippen molar-refractivity contribution in [3.8, 4) is 0 Å². The van der Waals surface area contributed by atoms with Gasteiger partial charge in [-0.25, -0.2) is 0 Å². The maximum Gasteiger partial charge on any atom is 0.282 e. The summed E-state index contributed by atoms with van der Waals surface area (Å²) in [6, 6.07) is 0.212. The Morgan fingerprint density at radius 2 is 1.80 bits per heavy atom. The molecule has 2 aliphatic heterocycles. The summed E-state index contributed by atoms with van der Waals surface area (Å²) >= 11 is 0. The Labute approximate surface area is 92.4 Å². The highest BCUT2D eigenvalue weighted by molar-refractivity contribution is 7.87. The van der Waals surface area contributed by atoms with Crippen LogP contribution in [0.1, 0.15) is 27.2 Å². The highest BCUT2D eigenvalue weighted by Gasteiger charge is 2.49. The summed E-state index contributed by atoms with van der Waals surface area (Å²) in [7, 11) is -1.46. The van der Waals surface area contributed by atoms with Crippen molar-refractivity contribution in [3.63, 3.8) is 0 Å². The second-order valence-corrected chi connectivity index (χ2v) is 7.80. The van der Waals surface area contributed by atoms with E-state index in [2.05, 4.69) is 20.8 Å². The fourth-order valence-electron chi connectivity index (χ4n) is 2.53. The predicted octanol–water partition coefficient (Wildman–Crippen LogP) is 0.913. The molecule has 0 bridgehead atoms. The van der Waals surface area contributed by atoms with E-state index < -0.39 is 10.2 Å². The Hall–Kier alpha value is -0.130. The molecular formula is C10H20N2O2S. The number of hydrogen-bond acceptors (Lipinski definition) is 2. The van der Waals surface area contributed by atoms with Crippen LogP contribution in [0, 0.1) is 11.3 Å². The summed E-state index contributed by atoms with van der Waals surface area (Å²) in [5.41, 5.74) is 0.207. The molecule has 15 heavy (non-hydrogen) atoms. The molecule has 0 aromatic rings. The van der Waals surface area contributed by atoms with Gasteiger partial charge in [0.2, 0.25) is 0 Å². The molecule has 0 amide bonds. The van der Waals surface area contributed by atoms with Crippen molar-refractivity contribution in [1.29, 1.82) is 0 Å². The Morgan fingerprint density at radius 1 is 1.20 bits per heavy atom. The summed E-state index contributed by atoms with van der Waals surface area (Å²) in [5.74, 6) is 0.492. The van der Waals surface area contributed by atoms with Crippen LogP contribution < -0.4 is 0 Å². The Morgan fingerprint density at radius 3 is 2.27 bits per heavy atom. The highest BCUT2D eigenvalue weighted by Crippen LogP contribution is 2.41. The van der Waals surface area contributed by atoms with Crippen LogP contribution in [-0.2, 0) is 10.2 Å². The van der Waals surface area contributed by atoms with Crippen LogP contribution in [0.3, 0.4) is 0 Å². The SMILES string of the molecule is CN1CC2C[C@@H](C(C)(C)C)CN2S1(=O)=O. The monoisotopic (exact) mass is 232 g/mol. The molecule has 0 N–H and O–H groups in total. The Kier molecular flexibility index (Phi) is 2.41. The molecule has 0 aromatic carbocycles. The van der Waals surface area contributed by atoms with Gasteiger partial charge >= 0.3 is 0 Å². The highest BCUT2D eigenvalue weighted by atomic mass is 32.2. The quantitative estimate of drug-likeness (QED) is 0.623. The molecule has 0 aromatic heterocycles. The molecule has 2 aliphatic rings. The van der Waals surface area contributed by atoms with E-state index in [1.54, 1.807) is 11.4 Å². The Balaban J connectivity index is 2.20. The summed E-state index contributed by atoms with van der Waals surface area (Å²) in [5, 5.41) is 0. The normalized spacial score (nSPS) is 37.1. The molecule has 0 radical (unpaired) electrons.